The van der Waals surface area contributed by atoms with Gasteiger partial charge in [-0.3, -0.25) is 4.98 Å². The quantitative estimate of drug-likeness (QED) is 0.629. The molecule has 1 aromatic heterocycles. The van der Waals surface area contributed by atoms with Crippen LogP contribution in [0.5, 0.6) is 5.75 Å². The third kappa shape index (κ3) is 5.14. The summed E-state index contributed by atoms with van der Waals surface area (Å²) < 4.78 is 5.96. The average molecular weight is 375 g/mol. The summed E-state index contributed by atoms with van der Waals surface area (Å²) in [6, 6.07) is 10.7. The van der Waals surface area contributed by atoms with E-state index in [4.69, 9.17) is 4.74 Å². The molecule has 0 amide bonds. The Balaban J connectivity index is 0.00000243. The molecule has 142 valence electrons. The van der Waals surface area contributed by atoms with Crippen LogP contribution in [-0.2, 0) is 6.61 Å². The van der Waals surface area contributed by atoms with E-state index in [1.165, 1.54) is 36.1 Å². The van der Waals surface area contributed by atoms with Crippen LogP contribution in [0.4, 0.5) is 5.69 Å². The Kier molecular flexibility index (Phi) is 7.77. The highest BCUT2D eigenvalue weighted by Gasteiger charge is 2.14. The van der Waals surface area contributed by atoms with Crippen LogP contribution < -0.4 is 9.64 Å². The van der Waals surface area contributed by atoms with Gasteiger partial charge in [-0.15, -0.1) is 12.4 Å². The number of hydrogen-bond donors (Lipinski definition) is 0. The molecule has 1 atom stereocenters. The van der Waals surface area contributed by atoms with Gasteiger partial charge in [-0.2, -0.15) is 0 Å². The van der Waals surface area contributed by atoms with Crippen molar-refractivity contribution in [2.45, 2.75) is 59.0 Å². The highest BCUT2D eigenvalue weighted by atomic mass is 35.5. The summed E-state index contributed by atoms with van der Waals surface area (Å²) in [5.74, 6) is 1.51. The summed E-state index contributed by atoms with van der Waals surface area (Å²) in [6.45, 7) is 9.45. The summed E-state index contributed by atoms with van der Waals surface area (Å²) in [7, 11) is 0. The van der Waals surface area contributed by atoms with Gasteiger partial charge in [0.2, 0.25) is 0 Å². The number of anilines is 1. The molecule has 3 nitrogen and oxygen atoms in total. The van der Waals surface area contributed by atoms with Gasteiger partial charge in [-0.05, 0) is 67.9 Å². The Morgan fingerprint density at radius 2 is 1.81 bits per heavy atom. The first kappa shape index (κ1) is 20.6. The maximum absolute atomic E-state index is 5.96. The van der Waals surface area contributed by atoms with E-state index in [9.17, 15) is 0 Å². The van der Waals surface area contributed by atoms with E-state index in [-0.39, 0.29) is 12.4 Å². The van der Waals surface area contributed by atoms with E-state index in [0.717, 1.165) is 31.0 Å². The number of rotatable bonds is 6. The molecule has 0 aliphatic carbocycles. The first-order valence-corrected chi connectivity index (χ1v) is 9.60. The summed E-state index contributed by atoms with van der Waals surface area (Å²) in [4.78, 5) is 7.05. The Morgan fingerprint density at radius 1 is 1.12 bits per heavy atom. The average Bonchev–Trinajstić information content (AvgIpc) is 2.68. The van der Waals surface area contributed by atoms with E-state index in [0.29, 0.717) is 12.5 Å². The molecule has 0 saturated carbocycles. The lowest BCUT2D eigenvalue weighted by Crippen LogP contribution is -2.30. The Hall–Kier alpha value is -1.74. The van der Waals surface area contributed by atoms with Crippen LogP contribution in [0, 0.1) is 6.92 Å². The van der Waals surface area contributed by atoms with Crippen molar-refractivity contribution in [3.63, 3.8) is 0 Å². The number of halogens is 1. The lowest BCUT2D eigenvalue weighted by Gasteiger charge is -2.30. The van der Waals surface area contributed by atoms with Crippen molar-refractivity contribution in [1.29, 1.82) is 0 Å². The molecule has 0 spiro atoms. The Morgan fingerprint density at radius 3 is 2.46 bits per heavy atom. The van der Waals surface area contributed by atoms with Crippen molar-refractivity contribution < 1.29 is 4.74 Å². The minimum atomic E-state index is 0. The fourth-order valence-corrected chi connectivity index (χ4v) is 3.39. The van der Waals surface area contributed by atoms with Crippen molar-refractivity contribution in [3.05, 3.63) is 53.3 Å². The van der Waals surface area contributed by atoms with E-state index >= 15 is 0 Å². The predicted octanol–water partition coefficient (Wildman–Crippen LogP) is 5.89. The summed E-state index contributed by atoms with van der Waals surface area (Å²) >= 11 is 0. The molecule has 1 unspecified atom stereocenters. The number of pyridine rings is 1. The molecule has 2 heterocycles. The third-order valence-corrected chi connectivity index (χ3v) is 5.28. The molecule has 0 bridgehead atoms. The van der Waals surface area contributed by atoms with Crippen LogP contribution in [0.2, 0.25) is 0 Å². The molecular weight excluding hydrogens is 344 g/mol. The van der Waals surface area contributed by atoms with Crippen molar-refractivity contribution in [2.24, 2.45) is 0 Å². The second-order valence-corrected chi connectivity index (χ2v) is 7.18. The van der Waals surface area contributed by atoms with Crippen LogP contribution in [0.3, 0.4) is 0 Å². The van der Waals surface area contributed by atoms with Crippen molar-refractivity contribution in [3.8, 4) is 5.75 Å². The van der Waals surface area contributed by atoms with Crippen molar-refractivity contribution in [2.75, 3.05) is 18.0 Å². The topological polar surface area (TPSA) is 25.4 Å². The van der Waals surface area contributed by atoms with Gasteiger partial charge in [0.1, 0.15) is 12.4 Å². The van der Waals surface area contributed by atoms with Crippen LogP contribution >= 0.6 is 12.4 Å². The van der Waals surface area contributed by atoms with Crippen LogP contribution in [-0.4, -0.2) is 18.1 Å². The first-order valence-electron chi connectivity index (χ1n) is 9.60. The summed E-state index contributed by atoms with van der Waals surface area (Å²) in [6.07, 6.45) is 7.07. The number of piperidine rings is 1. The monoisotopic (exact) mass is 374 g/mol. The van der Waals surface area contributed by atoms with Crippen molar-refractivity contribution in [1.82, 2.24) is 4.98 Å². The predicted molar refractivity (Wildman–Crippen MR) is 112 cm³/mol. The normalized spacial score (nSPS) is 15.3. The molecule has 1 saturated heterocycles. The fourth-order valence-electron chi connectivity index (χ4n) is 3.39. The van der Waals surface area contributed by atoms with Crippen LogP contribution in [0.15, 0.2) is 36.5 Å². The highest BCUT2D eigenvalue weighted by Crippen LogP contribution is 2.25. The third-order valence-electron chi connectivity index (χ3n) is 5.28. The van der Waals surface area contributed by atoms with Crippen LogP contribution in [0.1, 0.15) is 62.3 Å². The molecule has 4 heteroatoms. The number of hydrogen-bond acceptors (Lipinski definition) is 3. The number of ether oxygens (including phenoxy) is 1. The van der Waals surface area contributed by atoms with E-state index < -0.39 is 0 Å². The minimum Gasteiger partial charge on any atom is -0.487 e. The summed E-state index contributed by atoms with van der Waals surface area (Å²) in [5.41, 5.74) is 4.94. The van der Waals surface area contributed by atoms with Gasteiger partial charge < -0.3 is 9.64 Å². The molecule has 1 aliphatic heterocycles. The molecular formula is C22H31ClN2O. The maximum atomic E-state index is 5.96. The lowest BCUT2D eigenvalue weighted by atomic mass is 9.99. The Labute approximate surface area is 164 Å². The van der Waals surface area contributed by atoms with Gasteiger partial charge in [0.25, 0.3) is 0 Å². The zero-order valence-corrected chi connectivity index (χ0v) is 17.0. The van der Waals surface area contributed by atoms with Gasteiger partial charge in [0.15, 0.2) is 0 Å². The van der Waals surface area contributed by atoms with Crippen LogP contribution in [0.25, 0.3) is 0 Å². The molecule has 1 fully saturated rings. The largest absolute Gasteiger partial charge is 0.487 e. The maximum Gasteiger partial charge on any atom is 0.130 e. The first-order chi connectivity index (χ1) is 12.2. The van der Waals surface area contributed by atoms with Gasteiger partial charge in [0, 0.05) is 25.0 Å². The van der Waals surface area contributed by atoms with Gasteiger partial charge in [0.05, 0.1) is 5.69 Å². The Bertz CT molecular complexity index is 681. The number of aryl methyl sites for hydroxylation is 1. The lowest BCUT2D eigenvalue weighted by molar-refractivity contribution is 0.301. The molecule has 1 aliphatic rings. The van der Waals surface area contributed by atoms with Gasteiger partial charge >= 0.3 is 0 Å². The molecule has 26 heavy (non-hydrogen) atoms. The molecule has 2 aromatic rings. The number of nitrogens with zero attached hydrogens (tertiary/aromatic N) is 2. The van der Waals surface area contributed by atoms with E-state index in [1.807, 2.05) is 6.20 Å². The van der Waals surface area contributed by atoms with Gasteiger partial charge in [-0.25, -0.2) is 0 Å². The second kappa shape index (κ2) is 9.82. The molecule has 1 aromatic carbocycles. The second-order valence-electron chi connectivity index (χ2n) is 7.18. The fraction of sp³-hybridized carbons (Fsp3) is 0.500. The van der Waals surface area contributed by atoms with Gasteiger partial charge in [-0.1, -0.05) is 26.0 Å². The van der Waals surface area contributed by atoms with E-state index in [1.54, 1.807) is 0 Å². The molecule has 0 N–H and O–H groups in total. The van der Waals surface area contributed by atoms with Crippen molar-refractivity contribution >= 4 is 18.1 Å². The standard InChI is InChI=1S/C22H30N2O.ClH/c1-4-17(2)19-8-10-21(11-9-19)25-16-20-14-22(18(3)15-23-20)24-12-6-5-7-13-24;/h8-11,14-15,17H,4-7,12-13,16H2,1-3H3;1H. The molecule has 3 rings (SSSR count). The van der Waals surface area contributed by atoms with E-state index in [2.05, 4.69) is 61.0 Å². The summed E-state index contributed by atoms with van der Waals surface area (Å²) in [5, 5.41) is 0. The zero-order valence-electron chi connectivity index (χ0n) is 16.2. The smallest absolute Gasteiger partial charge is 0.130 e. The highest BCUT2D eigenvalue weighted by molar-refractivity contribution is 5.85. The zero-order chi connectivity index (χ0) is 17.6. The molecule has 0 radical (unpaired) electrons. The number of aromatic nitrogens is 1. The minimum absolute atomic E-state index is 0. The SMILES string of the molecule is CCC(C)c1ccc(OCc2cc(N3CCCCC3)c(C)cn2)cc1.Cl. The number of benzene rings is 1.